The number of carbonyl (C=O) groups is 1. The fourth-order valence-corrected chi connectivity index (χ4v) is 1.54. The second-order valence-corrected chi connectivity index (χ2v) is 4.51. The van der Waals surface area contributed by atoms with Gasteiger partial charge in [0.2, 0.25) is 0 Å². The van der Waals surface area contributed by atoms with Gasteiger partial charge in [-0.25, -0.2) is 0 Å². The Balaban J connectivity index is 2.45. The maximum absolute atomic E-state index is 11.9. The summed E-state index contributed by atoms with van der Waals surface area (Å²) in [6.07, 6.45) is 4.31. The van der Waals surface area contributed by atoms with E-state index in [1.54, 1.807) is 18.3 Å². The van der Waals surface area contributed by atoms with Crippen molar-refractivity contribution in [3.05, 3.63) is 36.7 Å². The van der Waals surface area contributed by atoms with Crippen molar-refractivity contribution in [2.75, 3.05) is 39.0 Å². The van der Waals surface area contributed by atoms with Crippen molar-refractivity contribution in [1.29, 1.82) is 0 Å². The van der Waals surface area contributed by atoms with Crippen LogP contribution in [0, 0.1) is 0 Å². The van der Waals surface area contributed by atoms with Crippen LogP contribution in [0.5, 0.6) is 0 Å². The fourth-order valence-electron chi connectivity index (χ4n) is 1.54. The van der Waals surface area contributed by atoms with Gasteiger partial charge in [0.15, 0.2) is 0 Å². The van der Waals surface area contributed by atoms with E-state index < -0.39 is 0 Å². The smallest absolute Gasteiger partial charge is 0.269 e. The van der Waals surface area contributed by atoms with Gasteiger partial charge in [-0.05, 0) is 39.2 Å². The summed E-state index contributed by atoms with van der Waals surface area (Å²) in [6, 6.07) is 3.57. The van der Waals surface area contributed by atoms with E-state index >= 15 is 0 Å². The topological polar surface area (TPSA) is 57.3 Å². The monoisotopic (exact) mass is 262 g/mol. The van der Waals surface area contributed by atoms with Crippen molar-refractivity contribution in [3.8, 4) is 0 Å². The third-order valence-electron chi connectivity index (χ3n) is 2.51. The summed E-state index contributed by atoms with van der Waals surface area (Å²) in [5.41, 5.74) is 1.30. The lowest BCUT2D eigenvalue weighted by atomic mass is 10.3. The predicted octanol–water partition coefficient (Wildman–Crippen LogP) is 1.36. The molecule has 1 amide bonds. The molecule has 0 saturated heterocycles. The highest BCUT2D eigenvalue weighted by atomic mass is 16.1. The van der Waals surface area contributed by atoms with E-state index in [-0.39, 0.29) is 5.91 Å². The standard InChI is InChI=1S/C14H22N4O/c1-4-7-15-12-6-9-16-13(11-12)14(19)17-8-5-10-18(2)3/h4,6,9,11H,1,5,7-8,10H2,2-3H3,(H,15,16)(H,17,19). The second-order valence-electron chi connectivity index (χ2n) is 4.51. The van der Waals surface area contributed by atoms with Gasteiger partial charge in [-0.2, -0.15) is 0 Å². The maximum Gasteiger partial charge on any atom is 0.269 e. The fraction of sp³-hybridized carbons (Fsp3) is 0.429. The molecule has 5 nitrogen and oxygen atoms in total. The summed E-state index contributed by atoms with van der Waals surface area (Å²) in [5.74, 6) is -0.138. The number of anilines is 1. The Morgan fingerprint density at radius 2 is 2.32 bits per heavy atom. The largest absolute Gasteiger partial charge is 0.381 e. The third-order valence-corrected chi connectivity index (χ3v) is 2.51. The molecular formula is C14H22N4O. The summed E-state index contributed by atoms with van der Waals surface area (Å²) in [5, 5.41) is 5.99. The van der Waals surface area contributed by atoms with Crippen molar-refractivity contribution in [2.45, 2.75) is 6.42 Å². The average molecular weight is 262 g/mol. The Hall–Kier alpha value is -1.88. The van der Waals surface area contributed by atoms with E-state index in [0.29, 0.717) is 18.8 Å². The van der Waals surface area contributed by atoms with Gasteiger partial charge in [-0.3, -0.25) is 9.78 Å². The van der Waals surface area contributed by atoms with E-state index in [0.717, 1.165) is 18.7 Å². The first-order valence-electron chi connectivity index (χ1n) is 6.37. The van der Waals surface area contributed by atoms with E-state index in [4.69, 9.17) is 0 Å². The van der Waals surface area contributed by atoms with E-state index in [9.17, 15) is 4.79 Å². The minimum atomic E-state index is -0.138. The van der Waals surface area contributed by atoms with Gasteiger partial charge in [0.25, 0.3) is 5.91 Å². The first-order chi connectivity index (χ1) is 9.13. The van der Waals surface area contributed by atoms with E-state index in [1.807, 2.05) is 20.2 Å². The minimum absolute atomic E-state index is 0.138. The molecule has 0 aromatic carbocycles. The van der Waals surface area contributed by atoms with Crippen LogP contribution in [0.15, 0.2) is 31.0 Å². The number of nitrogens with zero attached hydrogens (tertiary/aromatic N) is 2. The van der Waals surface area contributed by atoms with Crippen molar-refractivity contribution in [2.24, 2.45) is 0 Å². The van der Waals surface area contributed by atoms with Gasteiger partial charge in [0.05, 0.1) is 0 Å². The quantitative estimate of drug-likeness (QED) is 0.548. The van der Waals surface area contributed by atoms with Crippen LogP contribution in [0.3, 0.4) is 0 Å². The number of nitrogens with one attached hydrogen (secondary N) is 2. The number of rotatable bonds is 8. The number of amides is 1. The van der Waals surface area contributed by atoms with Gasteiger partial charge in [-0.1, -0.05) is 6.08 Å². The Morgan fingerprint density at radius 3 is 3.00 bits per heavy atom. The molecule has 0 radical (unpaired) electrons. The van der Waals surface area contributed by atoms with Crippen LogP contribution in [-0.4, -0.2) is 49.5 Å². The van der Waals surface area contributed by atoms with Gasteiger partial charge in [-0.15, -0.1) is 6.58 Å². The molecule has 2 N–H and O–H groups in total. The highest BCUT2D eigenvalue weighted by Gasteiger charge is 2.06. The van der Waals surface area contributed by atoms with E-state index in [1.165, 1.54) is 0 Å². The Labute approximate surface area is 114 Å². The molecule has 1 heterocycles. The minimum Gasteiger partial charge on any atom is -0.381 e. The van der Waals surface area contributed by atoms with Gasteiger partial charge in [0, 0.05) is 25.0 Å². The van der Waals surface area contributed by atoms with Crippen molar-refractivity contribution in [1.82, 2.24) is 15.2 Å². The maximum atomic E-state index is 11.9. The molecule has 0 aliphatic carbocycles. The summed E-state index contributed by atoms with van der Waals surface area (Å²) >= 11 is 0. The first kappa shape index (κ1) is 15.2. The molecule has 0 atom stereocenters. The van der Waals surface area contributed by atoms with E-state index in [2.05, 4.69) is 27.1 Å². The number of carbonyl (C=O) groups excluding carboxylic acids is 1. The number of aromatic nitrogens is 1. The van der Waals surface area contributed by atoms with Crippen molar-refractivity contribution >= 4 is 11.6 Å². The molecule has 0 spiro atoms. The molecule has 1 aromatic heterocycles. The SMILES string of the molecule is C=CCNc1ccnc(C(=O)NCCCN(C)C)c1. The van der Waals surface area contributed by atoms with Crippen LogP contribution >= 0.6 is 0 Å². The molecule has 0 saturated carbocycles. The Bertz CT molecular complexity index is 418. The highest BCUT2D eigenvalue weighted by molar-refractivity contribution is 5.93. The average Bonchev–Trinajstić information content (AvgIpc) is 2.41. The molecule has 0 bridgehead atoms. The summed E-state index contributed by atoms with van der Waals surface area (Å²) in [4.78, 5) is 18.0. The summed E-state index contributed by atoms with van der Waals surface area (Å²) in [7, 11) is 4.02. The molecule has 1 rings (SSSR count). The van der Waals surface area contributed by atoms with Crippen LogP contribution in [0.25, 0.3) is 0 Å². The molecular weight excluding hydrogens is 240 g/mol. The lowest BCUT2D eigenvalue weighted by Crippen LogP contribution is -2.27. The zero-order chi connectivity index (χ0) is 14.1. The lowest BCUT2D eigenvalue weighted by Gasteiger charge is -2.10. The second kappa shape index (κ2) is 8.26. The third kappa shape index (κ3) is 6.01. The van der Waals surface area contributed by atoms with Gasteiger partial charge < -0.3 is 15.5 Å². The van der Waals surface area contributed by atoms with Crippen LogP contribution in [0.4, 0.5) is 5.69 Å². The number of hydrogen-bond donors (Lipinski definition) is 2. The Kier molecular flexibility index (Phi) is 6.60. The molecule has 0 aliphatic heterocycles. The number of pyridine rings is 1. The van der Waals surface area contributed by atoms with Crippen molar-refractivity contribution < 1.29 is 4.79 Å². The highest BCUT2D eigenvalue weighted by Crippen LogP contribution is 2.07. The zero-order valence-corrected chi connectivity index (χ0v) is 11.6. The number of hydrogen-bond acceptors (Lipinski definition) is 4. The molecule has 5 heteroatoms. The zero-order valence-electron chi connectivity index (χ0n) is 11.6. The van der Waals surface area contributed by atoms with Gasteiger partial charge in [0.1, 0.15) is 5.69 Å². The van der Waals surface area contributed by atoms with Crippen LogP contribution in [0.2, 0.25) is 0 Å². The normalized spacial score (nSPS) is 10.3. The molecule has 19 heavy (non-hydrogen) atoms. The molecule has 104 valence electrons. The molecule has 1 aromatic rings. The van der Waals surface area contributed by atoms with Gasteiger partial charge >= 0.3 is 0 Å². The van der Waals surface area contributed by atoms with Crippen molar-refractivity contribution in [3.63, 3.8) is 0 Å². The summed E-state index contributed by atoms with van der Waals surface area (Å²) < 4.78 is 0. The predicted molar refractivity (Wildman–Crippen MR) is 78.4 cm³/mol. The van der Waals surface area contributed by atoms with Crippen LogP contribution in [-0.2, 0) is 0 Å². The van der Waals surface area contributed by atoms with Crippen LogP contribution in [0.1, 0.15) is 16.9 Å². The molecule has 0 fully saturated rings. The lowest BCUT2D eigenvalue weighted by molar-refractivity contribution is 0.0947. The molecule has 0 aliphatic rings. The Morgan fingerprint density at radius 1 is 1.53 bits per heavy atom. The molecule has 0 unspecified atom stereocenters. The van der Waals surface area contributed by atoms with Crippen LogP contribution < -0.4 is 10.6 Å². The summed E-state index contributed by atoms with van der Waals surface area (Å²) in [6.45, 7) is 5.91. The first-order valence-corrected chi connectivity index (χ1v) is 6.37.